The highest BCUT2D eigenvalue weighted by Gasteiger charge is 2.33. The van der Waals surface area contributed by atoms with Gasteiger partial charge in [0.05, 0.1) is 37.4 Å². The van der Waals surface area contributed by atoms with E-state index in [1.165, 1.54) is 20.3 Å². The molecule has 0 aliphatic heterocycles. The molecule has 0 saturated carbocycles. The highest BCUT2D eigenvalue weighted by Crippen LogP contribution is 2.40. The summed E-state index contributed by atoms with van der Waals surface area (Å²) < 4.78 is 81.7. The van der Waals surface area contributed by atoms with Gasteiger partial charge < -0.3 is 24.5 Å². The highest BCUT2D eigenvalue weighted by atomic mass is 32.2. The van der Waals surface area contributed by atoms with Gasteiger partial charge in [0, 0.05) is 22.9 Å². The fourth-order valence-electron chi connectivity index (χ4n) is 4.54. The number of nitrogens with two attached hydrogens (primary N) is 1. The fraction of sp³-hybridized carbons (Fsp3) is 0.250. The molecule has 0 saturated heterocycles. The summed E-state index contributed by atoms with van der Waals surface area (Å²) in [5, 5.41) is 0.614. The van der Waals surface area contributed by atoms with Gasteiger partial charge in [-0.2, -0.15) is 0 Å². The Morgan fingerprint density at radius 3 is 2.02 bits per heavy atom. The van der Waals surface area contributed by atoms with Crippen molar-refractivity contribution in [2.75, 3.05) is 25.2 Å². The van der Waals surface area contributed by atoms with Crippen molar-refractivity contribution in [2.24, 2.45) is 5.73 Å². The van der Waals surface area contributed by atoms with E-state index in [0.717, 1.165) is 12.3 Å². The zero-order valence-corrected chi connectivity index (χ0v) is 23.6. The zero-order valence-electron chi connectivity index (χ0n) is 22.8. The van der Waals surface area contributed by atoms with E-state index in [0.29, 0.717) is 33.5 Å². The van der Waals surface area contributed by atoms with Gasteiger partial charge in [-0.3, -0.25) is 9.52 Å². The molecule has 0 radical (unpaired) electrons. The largest absolute Gasteiger partial charge is 0.573 e. The van der Waals surface area contributed by atoms with Crippen LogP contribution in [0.4, 0.5) is 18.9 Å². The number of ether oxygens (including phenoxy) is 3. The summed E-state index contributed by atoms with van der Waals surface area (Å²) >= 11 is 0. The second-order valence-electron chi connectivity index (χ2n) is 9.87. The van der Waals surface area contributed by atoms with Gasteiger partial charge in [0.2, 0.25) is 10.0 Å². The van der Waals surface area contributed by atoms with Crippen LogP contribution in [0.15, 0.2) is 60.7 Å². The van der Waals surface area contributed by atoms with Gasteiger partial charge in [-0.05, 0) is 53.6 Å². The van der Waals surface area contributed by atoms with Crippen LogP contribution in [-0.4, -0.2) is 45.7 Å². The topological polar surface area (TPSA) is 122 Å². The predicted octanol–water partition coefficient (Wildman–Crippen LogP) is 5.34. The molecular formula is C28H28F3N3O6S. The number of hydrogen-bond acceptors (Lipinski definition) is 6. The molecule has 3 aromatic carbocycles. The van der Waals surface area contributed by atoms with Crippen molar-refractivity contribution in [2.45, 2.75) is 25.6 Å². The maximum absolute atomic E-state index is 13.0. The number of nitrogens with zero attached hydrogens (tertiary/aromatic N) is 1. The minimum absolute atomic E-state index is 0.121. The first-order chi connectivity index (χ1) is 19.0. The first-order valence-electron chi connectivity index (χ1n) is 12.1. The molecule has 0 bridgehead atoms. The lowest BCUT2D eigenvalue weighted by Gasteiger charge is -2.28. The Morgan fingerprint density at radius 2 is 1.46 bits per heavy atom. The van der Waals surface area contributed by atoms with Crippen LogP contribution in [0.3, 0.4) is 0 Å². The molecule has 0 atom stereocenters. The van der Waals surface area contributed by atoms with Crippen molar-refractivity contribution >= 4 is 32.5 Å². The maximum atomic E-state index is 13.0. The number of hydrogen-bond donors (Lipinski definition) is 2. The van der Waals surface area contributed by atoms with Crippen molar-refractivity contribution in [3.63, 3.8) is 0 Å². The summed E-state index contributed by atoms with van der Waals surface area (Å²) in [4.78, 5) is 12.5. The van der Waals surface area contributed by atoms with E-state index in [-0.39, 0.29) is 17.1 Å². The van der Waals surface area contributed by atoms with Gasteiger partial charge in [0.1, 0.15) is 22.9 Å². The lowest BCUT2D eigenvalue weighted by molar-refractivity contribution is -0.274. The summed E-state index contributed by atoms with van der Waals surface area (Å²) in [6.45, 7) is 3.60. The van der Waals surface area contributed by atoms with Crippen LogP contribution in [0.5, 0.6) is 17.2 Å². The van der Waals surface area contributed by atoms with E-state index >= 15 is 0 Å². The minimum Gasteiger partial charge on any atom is -0.497 e. The number of anilines is 1. The Labute approximate surface area is 234 Å². The van der Waals surface area contributed by atoms with Crippen LogP contribution in [-0.2, 0) is 15.4 Å². The third kappa shape index (κ3) is 6.51. The molecule has 1 heterocycles. The molecule has 0 unspecified atom stereocenters. The molecule has 4 rings (SSSR count). The number of aromatic nitrogens is 1. The molecule has 218 valence electrons. The van der Waals surface area contributed by atoms with Crippen molar-refractivity contribution < 1.29 is 40.6 Å². The molecular weight excluding hydrogens is 563 g/mol. The molecule has 0 spiro atoms. The van der Waals surface area contributed by atoms with Crippen LogP contribution in [0, 0.1) is 0 Å². The lowest BCUT2D eigenvalue weighted by Crippen LogP contribution is -2.22. The molecule has 0 aliphatic carbocycles. The summed E-state index contributed by atoms with van der Waals surface area (Å²) in [5.74, 6) is -0.621. The Morgan fingerprint density at radius 1 is 0.878 bits per heavy atom. The smallest absolute Gasteiger partial charge is 0.497 e. The number of sulfonamides is 1. The van der Waals surface area contributed by atoms with Crippen LogP contribution < -0.4 is 24.7 Å². The average Bonchev–Trinajstić information content (AvgIpc) is 3.25. The quantitative estimate of drug-likeness (QED) is 0.271. The van der Waals surface area contributed by atoms with Crippen molar-refractivity contribution in [3.8, 4) is 22.9 Å². The molecule has 3 N–H and O–H groups in total. The van der Waals surface area contributed by atoms with E-state index in [2.05, 4.69) is 9.46 Å². The minimum atomic E-state index is -4.90. The summed E-state index contributed by atoms with van der Waals surface area (Å²) in [5.41, 5.74) is 7.16. The summed E-state index contributed by atoms with van der Waals surface area (Å²) in [6, 6.07) is 15.5. The van der Waals surface area contributed by atoms with Crippen molar-refractivity contribution in [3.05, 3.63) is 77.5 Å². The van der Waals surface area contributed by atoms with Gasteiger partial charge in [0.15, 0.2) is 0 Å². The van der Waals surface area contributed by atoms with Gasteiger partial charge >= 0.3 is 6.36 Å². The molecule has 13 heteroatoms. The van der Waals surface area contributed by atoms with Crippen molar-refractivity contribution in [1.82, 2.24) is 4.57 Å². The van der Waals surface area contributed by atoms with E-state index in [1.54, 1.807) is 66.9 Å². The molecule has 0 fully saturated rings. The Hall–Kier alpha value is -4.39. The maximum Gasteiger partial charge on any atom is 0.573 e. The van der Waals surface area contributed by atoms with E-state index in [1.807, 2.05) is 0 Å². The number of carbonyl (C=O) groups excluding carboxylic acids is 1. The van der Waals surface area contributed by atoms with E-state index < -0.39 is 33.5 Å². The van der Waals surface area contributed by atoms with Crippen LogP contribution in [0.2, 0.25) is 0 Å². The van der Waals surface area contributed by atoms with Crippen LogP contribution in [0.25, 0.3) is 16.6 Å². The summed E-state index contributed by atoms with van der Waals surface area (Å²) in [6.07, 6.45) is -3.88. The SMILES string of the molecule is COc1cc(OC(F)(F)F)cc(C(C)(C)c2cc(OC)cc(-n3c(C(N)=O)cc4ccc(NS(C)(=O)=O)cc43)c2)c1. The zero-order chi connectivity index (χ0) is 30.3. The van der Waals surface area contributed by atoms with Gasteiger partial charge in [0.25, 0.3) is 5.91 Å². The van der Waals surface area contributed by atoms with Gasteiger partial charge in [-0.1, -0.05) is 19.9 Å². The van der Waals surface area contributed by atoms with Crippen LogP contribution in [0.1, 0.15) is 35.5 Å². The highest BCUT2D eigenvalue weighted by molar-refractivity contribution is 7.92. The number of alkyl halides is 3. The fourth-order valence-corrected chi connectivity index (χ4v) is 5.09. The predicted molar refractivity (Wildman–Crippen MR) is 149 cm³/mol. The van der Waals surface area contributed by atoms with Gasteiger partial charge in [-0.15, -0.1) is 13.2 Å². The summed E-state index contributed by atoms with van der Waals surface area (Å²) in [7, 11) is -0.795. The number of primary amides is 1. The van der Waals surface area contributed by atoms with E-state index in [4.69, 9.17) is 15.2 Å². The number of fused-ring (bicyclic) bond motifs is 1. The number of amides is 1. The Balaban J connectivity index is 1.94. The van der Waals surface area contributed by atoms with Crippen LogP contribution >= 0.6 is 0 Å². The molecule has 0 aliphatic rings. The molecule has 1 aromatic heterocycles. The standard InChI is InChI=1S/C28H28F3N3O6S/c1-27(2,18-11-22(39-4)15-23(12-18)40-28(29,30)31)17-9-20(14-21(10-17)38-3)34-24-13-19(33-41(5,36)37)7-6-16(24)8-25(34)26(32)35/h6-15,33H,1-5H3,(H2,32,35). The number of methoxy groups -OCH3 is 2. The normalized spacial score (nSPS) is 12.3. The average molecular weight is 592 g/mol. The second kappa shape index (κ2) is 10.5. The first-order valence-corrected chi connectivity index (χ1v) is 14.0. The third-order valence-corrected chi connectivity index (χ3v) is 7.14. The number of carbonyl (C=O) groups is 1. The molecule has 1 amide bonds. The Kier molecular flexibility index (Phi) is 7.61. The van der Waals surface area contributed by atoms with Gasteiger partial charge in [-0.25, -0.2) is 8.42 Å². The second-order valence-corrected chi connectivity index (χ2v) is 11.6. The number of benzene rings is 3. The first kappa shape index (κ1) is 29.6. The molecule has 4 aromatic rings. The van der Waals surface area contributed by atoms with Crippen molar-refractivity contribution in [1.29, 1.82) is 0 Å². The third-order valence-electron chi connectivity index (χ3n) is 6.54. The Bertz CT molecular complexity index is 1750. The molecule has 9 nitrogen and oxygen atoms in total. The molecule has 41 heavy (non-hydrogen) atoms. The van der Waals surface area contributed by atoms with E-state index in [9.17, 15) is 26.4 Å². The number of nitrogens with one attached hydrogen (secondary N) is 1. The number of halogens is 3. The lowest BCUT2D eigenvalue weighted by atomic mass is 9.77. The monoisotopic (exact) mass is 591 g/mol. The number of rotatable bonds is 9.